The van der Waals surface area contributed by atoms with Crippen molar-refractivity contribution < 1.29 is 9.59 Å². The fraction of sp³-hybridized carbons (Fsp3) is 0.391. The number of fused-ring (bicyclic) bond motifs is 1. The number of benzene rings is 1. The van der Waals surface area contributed by atoms with Crippen molar-refractivity contribution in [2.45, 2.75) is 32.7 Å². The van der Waals surface area contributed by atoms with Gasteiger partial charge in [0.15, 0.2) is 0 Å². The molecular formula is C23H26ClN3O2S. The number of nitrogens with one attached hydrogen (secondary N) is 1. The highest BCUT2D eigenvalue weighted by atomic mass is 35.5. The Kier molecular flexibility index (Phi) is 6.44. The molecule has 1 aliphatic rings. The van der Waals surface area contributed by atoms with Gasteiger partial charge in [0.1, 0.15) is 5.69 Å². The quantitative estimate of drug-likeness (QED) is 0.595. The van der Waals surface area contributed by atoms with Crippen LogP contribution in [0.1, 0.15) is 42.2 Å². The lowest BCUT2D eigenvalue weighted by molar-refractivity contribution is -0.126. The first-order valence-electron chi connectivity index (χ1n) is 10.4. The molecule has 5 nitrogen and oxygen atoms in total. The first-order valence-corrected chi connectivity index (χ1v) is 11.7. The number of carbonyl (C=O) groups excluding carboxylic acids is 2. The largest absolute Gasteiger partial charge is 0.356 e. The molecule has 158 valence electrons. The number of aromatic nitrogens is 1. The number of hydrogen-bond donors (Lipinski definition) is 1. The molecule has 2 amide bonds. The van der Waals surface area contributed by atoms with Crippen molar-refractivity contribution in [3.05, 3.63) is 58.1 Å². The third-order valence-corrected chi connectivity index (χ3v) is 6.80. The second-order valence-electron chi connectivity index (χ2n) is 7.77. The summed E-state index contributed by atoms with van der Waals surface area (Å²) in [7, 11) is 0. The van der Waals surface area contributed by atoms with E-state index in [1.54, 1.807) is 11.3 Å². The molecule has 4 rings (SSSR count). The van der Waals surface area contributed by atoms with Crippen LogP contribution in [0, 0.1) is 5.92 Å². The van der Waals surface area contributed by atoms with Crippen LogP contribution in [0.4, 0.5) is 0 Å². The molecule has 1 N–H and O–H groups in total. The first kappa shape index (κ1) is 20.9. The molecule has 30 heavy (non-hydrogen) atoms. The van der Waals surface area contributed by atoms with Crippen LogP contribution in [0.2, 0.25) is 5.02 Å². The van der Waals surface area contributed by atoms with E-state index < -0.39 is 0 Å². The summed E-state index contributed by atoms with van der Waals surface area (Å²) < 4.78 is 3.21. The Bertz CT molecular complexity index is 1030. The molecule has 0 bridgehead atoms. The third-order valence-electron chi connectivity index (χ3n) is 5.70. The lowest BCUT2D eigenvalue weighted by atomic mass is 9.95. The van der Waals surface area contributed by atoms with Crippen LogP contribution in [0.3, 0.4) is 0 Å². The Morgan fingerprint density at radius 2 is 1.90 bits per heavy atom. The van der Waals surface area contributed by atoms with Gasteiger partial charge in [-0.25, -0.2) is 0 Å². The zero-order valence-electron chi connectivity index (χ0n) is 17.1. The molecular weight excluding hydrogens is 418 g/mol. The molecule has 3 heterocycles. The molecule has 7 heteroatoms. The third kappa shape index (κ3) is 4.40. The monoisotopic (exact) mass is 443 g/mol. The minimum atomic E-state index is 0.00458. The van der Waals surface area contributed by atoms with E-state index >= 15 is 0 Å². The fourth-order valence-electron chi connectivity index (χ4n) is 4.00. The lowest BCUT2D eigenvalue weighted by Crippen LogP contribution is -2.43. The maximum Gasteiger partial charge on any atom is 0.270 e. The molecule has 0 spiro atoms. The number of halogens is 1. The number of nitrogens with zero attached hydrogens (tertiary/aromatic N) is 2. The van der Waals surface area contributed by atoms with Crippen LogP contribution in [-0.4, -0.2) is 40.9 Å². The van der Waals surface area contributed by atoms with Crippen molar-refractivity contribution >= 4 is 45.0 Å². The molecule has 1 aromatic carbocycles. The van der Waals surface area contributed by atoms with Crippen LogP contribution in [0.25, 0.3) is 10.2 Å². The van der Waals surface area contributed by atoms with Crippen molar-refractivity contribution in [1.82, 2.24) is 14.8 Å². The molecule has 0 aliphatic carbocycles. The summed E-state index contributed by atoms with van der Waals surface area (Å²) in [5, 5.41) is 5.73. The van der Waals surface area contributed by atoms with E-state index in [0.717, 1.165) is 22.2 Å². The lowest BCUT2D eigenvalue weighted by Gasteiger charge is -2.31. The maximum atomic E-state index is 13.4. The predicted molar refractivity (Wildman–Crippen MR) is 122 cm³/mol. The van der Waals surface area contributed by atoms with Gasteiger partial charge in [0.05, 0.1) is 10.2 Å². The van der Waals surface area contributed by atoms with Crippen molar-refractivity contribution in [2.75, 3.05) is 19.6 Å². The Morgan fingerprint density at radius 1 is 1.17 bits per heavy atom. The molecule has 1 fully saturated rings. The first-order chi connectivity index (χ1) is 14.6. The summed E-state index contributed by atoms with van der Waals surface area (Å²) in [5.74, 6) is 0.167. The Balaban J connectivity index is 1.50. The van der Waals surface area contributed by atoms with Crippen molar-refractivity contribution in [1.29, 1.82) is 0 Å². The van der Waals surface area contributed by atoms with Crippen molar-refractivity contribution in [3.63, 3.8) is 0 Å². The van der Waals surface area contributed by atoms with Crippen LogP contribution in [-0.2, 0) is 11.3 Å². The number of piperidine rings is 1. The number of amides is 2. The Hall–Kier alpha value is -2.31. The smallest absolute Gasteiger partial charge is 0.270 e. The van der Waals surface area contributed by atoms with Crippen molar-refractivity contribution in [2.24, 2.45) is 5.92 Å². The normalized spacial score (nSPS) is 14.9. The molecule has 0 atom stereocenters. The van der Waals surface area contributed by atoms with E-state index in [0.29, 0.717) is 49.7 Å². The summed E-state index contributed by atoms with van der Waals surface area (Å²) in [6.07, 6.45) is 2.37. The van der Waals surface area contributed by atoms with Crippen LogP contribution in [0.5, 0.6) is 0 Å². The van der Waals surface area contributed by atoms with Gasteiger partial charge in [-0.2, -0.15) is 0 Å². The Morgan fingerprint density at radius 3 is 2.60 bits per heavy atom. The molecule has 0 unspecified atom stereocenters. The number of hydrogen-bond acceptors (Lipinski definition) is 3. The summed E-state index contributed by atoms with van der Waals surface area (Å²) in [4.78, 5) is 27.5. The summed E-state index contributed by atoms with van der Waals surface area (Å²) in [6.45, 7) is 4.61. The Labute approximate surface area is 185 Å². The number of likely N-dealkylation sites (tertiary alicyclic amines) is 1. The molecule has 3 aromatic rings. The van der Waals surface area contributed by atoms with Gasteiger partial charge in [0.2, 0.25) is 5.91 Å². The van der Waals surface area contributed by atoms with Crippen LogP contribution >= 0.6 is 22.9 Å². The second kappa shape index (κ2) is 9.23. The predicted octanol–water partition coefficient (Wildman–Crippen LogP) is 4.78. The van der Waals surface area contributed by atoms with Crippen LogP contribution in [0.15, 0.2) is 41.8 Å². The molecule has 1 aliphatic heterocycles. The van der Waals surface area contributed by atoms with Gasteiger partial charge in [-0.1, -0.05) is 30.7 Å². The van der Waals surface area contributed by atoms with E-state index in [-0.39, 0.29) is 17.7 Å². The van der Waals surface area contributed by atoms with Gasteiger partial charge in [-0.3, -0.25) is 9.59 Å². The van der Waals surface area contributed by atoms with Crippen molar-refractivity contribution in [3.8, 4) is 0 Å². The molecule has 2 aromatic heterocycles. The van der Waals surface area contributed by atoms with Gasteiger partial charge in [-0.05, 0) is 54.5 Å². The van der Waals surface area contributed by atoms with Crippen LogP contribution < -0.4 is 5.32 Å². The van der Waals surface area contributed by atoms with Gasteiger partial charge in [-0.15, -0.1) is 11.3 Å². The molecule has 1 saturated heterocycles. The minimum Gasteiger partial charge on any atom is -0.356 e. The average Bonchev–Trinajstić information content (AvgIpc) is 3.36. The van der Waals surface area contributed by atoms with E-state index in [2.05, 4.69) is 21.3 Å². The standard InChI is InChI=1S/C23H26ClN3O2S/c1-2-10-25-22(28)17-7-11-26(12-8-17)23(29)20-14-21-19(9-13-30-21)27(20)15-16-3-5-18(24)6-4-16/h3-6,9,13-14,17H,2,7-8,10-12,15H2,1H3,(H,25,28). The van der Waals surface area contributed by atoms with Gasteiger partial charge in [0, 0.05) is 37.1 Å². The molecule has 0 radical (unpaired) electrons. The maximum absolute atomic E-state index is 13.4. The SMILES string of the molecule is CCCNC(=O)C1CCN(C(=O)c2cc3sccc3n2Cc2ccc(Cl)cc2)CC1. The number of thiophene rings is 1. The van der Waals surface area contributed by atoms with Gasteiger partial charge < -0.3 is 14.8 Å². The fourth-order valence-corrected chi connectivity index (χ4v) is 4.94. The zero-order valence-corrected chi connectivity index (χ0v) is 18.6. The number of rotatable bonds is 6. The van der Waals surface area contributed by atoms with E-state index in [1.165, 1.54) is 0 Å². The highest BCUT2D eigenvalue weighted by Crippen LogP contribution is 2.28. The minimum absolute atomic E-state index is 0.00458. The molecule has 0 saturated carbocycles. The van der Waals surface area contributed by atoms with Gasteiger partial charge in [0.25, 0.3) is 5.91 Å². The average molecular weight is 444 g/mol. The summed E-state index contributed by atoms with van der Waals surface area (Å²) in [5.41, 5.74) is 2.89. The second-order valence-corrected chi connectivity index (χ2v) is 9.15. The van der Waals surface area contributed by atoms with Gasteiger partial charge >= 0.3 is 0 Å². The summed E-state index contributed by atoms with van der Waals surface area (Å²) >= 11 is 7.67. The van der Waals surface area contributed by atoms with E-state index in [1.807, 2.05) is 42.2 Å². The summed E-state index contributed by atoms with van der Waals surface area (Å²) in [6, 6.07) is 11.8. The topological polar surface area (TPSA) is 54.3 Å². The number of carbonyl (C=O) groups is 2. The van der Waals surface area contributed by atoms with E-state index in [4.69, 9.17) is 11.6 Å². The highest BCUT2D eigenvalue weighted by Gasteiger charge is 2.29. The zero-order chi connectivity index (χ0) is 21.1. The highest BCUT2D eigenvalue weighted by molar-refractivity contribution is 7.17. The van der Waals surface area contributed by atoms with E-state index in [9.17, 15) is 9.59 Å².